The highest BCUT2D eigenvalue weighted by molar-refractivity contribution is 5.96. The average molecular weight is 259 g/mol. The molecule has 0 aliphatic heterocycles. The van der Waals surface area contributed by atoms with Crippen LogP contribution in [-0.4, -0.2) is 36.3 Å². The van der Waals surface area contributed by atoms with Crippen molar-refractivity contribution in [1.29, 1.82) is 5.26 Å². The maximum Gasteiger partial charge on any atom is 0.254 e. The van der Waals surface area contributed by atoms with Gasteiger partial charge in [0.05, 0.1) is 18.2 Å². The van der Waals surface area contributed by atoms with E-state index in [0.717, 1.165) is 0 Å². The molecule has 0 saturated carbocycles. The molecule has 100 valence electrons. The Hall–Kier alpha value is -2.35. The Morgan fingerprint density at radius 3 is 2.68 bits per heavy atom. The van der Waals surface area contributed by atoms with Gasteiger partial charge < -0.3 is 10.2 Å². The maximum absolute atomic E-state index is 12.2. The number of hydrogen-bond acceptors (Lipinski definition) is 3. The molecule has 2 amide bonds. The van der Waals surface area contributed by atoms with Crippen molar-refractivity contribution in [2.45, 2.75) is 13.8 Å². The number of nitriles is 1. The SMILES string of the molecule is CCNC(=O)CN(CC)C(=O)c1cccc(C#N)c1. The number of amides is 2. The molecule has 0 aliphatic rings. The Labute approximate surface area is 112 Å². The fourth-order valence-electron chi connectivity index (χ4n) is 1.66. The standard InChI is InChI=1S/C14H17N3O2/c1-3-16-13(18)10-17(4-2)14(19)12-7-5-6-11(8-12)9-15/h5-8H,3-4,10H2,1-2H3,(H,16,18). The van der Waals surface area contributed by atoms with E-state index in [1.807, 2.05) is 19.9 Å². The molecule has 0 bridgehead atoms. The highest BCUT2D eigenvalue weighted by Gasteiger charge is 2.17. The van der Waals surface area contributed by atoms with E-state index in [1.54, 1.807) is 18.2 Å². The Bertz CT molecular complexity index is 506. The molecule has 0 atom stereocenters. The number of likely N-dealkylation sites (N-methyl/N-ethyl adjacent to an activating group) is 2. The molecule has 0 radical (unpaired) electrons. The second-order valence-electron chi connectivity index (χ2n) is 3.97. The molecule has 0 aromatic heterocycles. The first-order valence-corrected chi connectivity index (χ1v) is 6.18. The quantitative estimate of drug-likeness (QED) is 0.862. The zero-order chi connectivity index (χ0) is 14.3. The van der Waals surface area contributed by atoms with Gasteiger partial charge in [0.1, 0.15) is 0 Å². The van der Waals surface area contributed by atoms with Gasteiger partial charge in [0.25, 0.3) is 5.91 Å². The molecular formula is C14H17N3O2. The van der Waals surface area contributed by atoms with Gasteiger partial charge in [0.15, 0.2) is 0 Å². The first kappa shape index (κ1) is 14.7. The Morgan fingerprint density at radius 1 is 1.37 bits per heavy atom. The van der Waals surface area contributed by atoms with Crippen LogP contribution in [0.1, 0.15) is 29.8 Å². The second kappa shape index (κ2) is 7.17. The number of carbonyl (C=O) groups excluding carboxylic acids is 2. The topological polar surface area (TPSA) is 73.2 Å². The van der Waals surface area contributed by atoms with E-state index in [1.165, 1.54) is 11.0 Å². The van der Waals surface area contributed by atoms with Crippen molar-refractivity contribution in [3.05, 3.63) is 35.4 Å². The molecule has 5 nitrogen and oxygen atoms in total. The Kier molecular flexibility index (Phi) is 5.55. The molecule has 0 unspecified atom stereocenters. The number of rotatable bonds is 5. The fraction of sp³-hybridized carbons (Fsp3) is 0.357. The second-order valence-corrected chi connectivity index (χ2v) is 3.97. The summed E-state index contributed by atoms with van der Waals surface area (Å²) in [7, 11) is 0. The number of nitrogens with zero attached hydrogens (tertiary/aromatic N) is 2. The molecule has 0 heterocycles. The van der Waals surface area contributed by atoms with Crippen LogP contribution in [0.3, 0.4) is 0 Å². The van der Waals surface area contributed by atoms with Crippen molar-refractivity contribution >= 4 is 11.8 Å². The van der Waals surface area contributed by atoms with E-state index in [4.69, 9.17) is 5.26 Å². The van der Waals surface area contributed by atoms with Crippen LogP contribution in [0, 0.1) is 11.3 Å². The predicted molar refractivity (Wildman–Crippen MR) is 71.4 cm³/mol. The lowest BCUT2D eigenvalue weighted by Gasteiger charge is -2.20. The smallest absolute Gasteiger partial charge is 0.254 e. The predicted octanol–water partition coefficient (Wildman–Crippen LogP) is 1.16. The van der Waals surface area contributed by atoms with Gasteiger partial charge in [0, 0.05) is 18.7 Å². The monoisotopic (exact) mass is 259 g/mol. The van der Waals surface area contributed by atoms with Crippen LogP contribution in [0.2, 0.25) is 0 Å². The van der Waals surface area contributed by atoms with E-state index in [2.05, 4.69) is 5.32 Å². The fourth-order valence-corrected chi connectivity index (χ4v) is 1.66. The third kappa shape index (κ3) is 4.11. The molecule has 1 aromatic carbocycles. The van der Waals surface area contributed by atoms with Crippen molar-refractivity contribution in [3.63, 3.8) is 0 Å². The summed E-state index contributed by atoms with van der Waals surface area (Å²) in [5, 5.41) is 11.5. The summed E-state index contributed by atoms with van der Waals surface area (Å²) in [6.07, 6.45) is 0. The molecular weight excluding hydrogens is 242 g/mol. The first-order valence-electron chi connectivity index (χ1n) is 6.18. The van der Waals surface area contributed by atoms with Crippen LogP contribution in [0.15, 0.2) is 24.3 Å². The third-order valence-corrected chi connectivity index (χ3v) is 2.62. The third-order valence-electron chi connectivity index (χ3n) is 2.62. The van der Waals surface area contributed by atoms with Crippen LogP contribution >= 0.6 is 0 Å². The summed E-state index contributed by atoms with van der Waals surface area (Å²) in [6, 6.07) is 8.46. The molecule has 1 aromatic rings. The van der Waals surface area contributed by atoms with E-state index in [-0.39, 0.29) is 18.4 Å². The van der Waals surface area contributed by atoms with E-state index >= 15 is 0 Å². The van der Waals surface area contributed by atoms with Gasteiger partial charge in [-0.05, 0) is 32.0 Å². The van der Waals surface area contributed by atoms with E-state index < -0.39 is 0 Å². The van der Waals surface area contributed by atoms with Gasteiger partial charge in [-0.25, -0.2) is 0 Å². The molecule has 0 fully saturated rings. The summed E-state index contributed by atoms with van der Waals surface area (Å²) >= 11 is 0. The van der Waals surface area contributed by atoms with Crippen LogP contribution in [0.4, 0.5) is 0 Å². The van der Waals surface area contributed by atoms with Crippen molar-refractivity contribution in [1.82, 2.24) is 10.2 Å². The zero-order valence-corrected chi connectivity index (χ0v) is 11.1. The van der Waals surface area contributed by atoms with Gasteiger partial charge in [-0.2, -0.15) is 5.26 Å². The van der Waals surface area contributed by atoms with E-state index in [9.17, 15) is 9.59 Å². The summed E-state index contributed by atoms with van der Waals surface area (Å²) in [4.78, 5) is 25.2. The normalized spacial score (nSPS) is 9.53. The van der Waals surface area contributed by atoms with Crippen molar-refractivity contribution < 1.29 is 9.59 Å². The number of nitrogens with one attached hydrogen (secondary N) is 1. The molecule has 0 saturated heterocycles. The van der Waals surface area contributed by atoms with Crippen LogP contribution in [0.25, 0.3) is 0 Å². The summed E-state index contributed by atoms with van der Waals surface area (Å²) < 4.78 is 0. The highest BCUT2D eigenvalue weighted by Crippen LogP contribution is 2.08. The van der Waals surface area contributed by atoms with Crippen LogP contribution in [-0.2, 0) is 4.79 Å². The lowest BCUT2D eigenvalue weighted by atomic mass is 10.1. The van der Waals surface area contributed by atoms with Crippen molar-refractivity contribution in [2.24, 2.45) is 0 Å². The Morgan fingerprint density at radius 2 is 2.11 bits per heavy atom. The minimum atomic E-state index is -0.245. The minimum Gasteiger partial charge on any atom is -0.355 e. The lowest BCUT2D eigenvalue weighted by Crippen LogP contribution is -2.40. The van der Waals surface area contributed by atoms with Crippen LogP contribution in [0.5, 0.6) is 0 Å². The number of hydrogen-bond donors (Lipinski definition) is 1. The molecule has 0 aliphatic carbocycles. The van der Waals surface area contributed by atoms with Crippen molar-refractivity contribution in [2.75, 3.05) is 19.6 Å². The van der Waals surface area contributed by atoms with Gasteiger partial charge in [0.2, 0.25) is 5.91 Å². The molecule has 1 rings (SSSR count). The lowest BCUT2D eigenvalue weighted by molar-refractivity contribution is -0.121. The molecule has 19 heavy (non-hydrogen) atoms. The Balaban J connectivity index is 2.83. The van der Waals surface area contributed by atoms with Gasteiger partial charge >= 0.3 is 0 Å². The van der Waals surface area contributed by atoms with Crippen molar-refractivity contribution in [3.8, 4) is 6.07 Å². The summed E-state index contributed by atoms with van der Waals surface area (Å²) in [5.74, 6) is -0.431. The largest absolute Gasteiger partial charge is 0.355 e. The highest BCUT2D eigenvalue weighted by atomic mass is 16.2. The van der Waals surface area contributed by atoms with E-state index in [0.29, 0.717) is 24.2 Å². The first-order chi connectivity index (χ1) is 9.12. The number of carbonyl (C=O) groups is 2. The van der Waals surface area contributed by atoms with Gasteiger partial charge in [-0.3, -0.25) is 9.59 Å². The summed E-state index contributed by atoms with van der Waals surface area (Å²) in [6.45, 7) is 4.64. The van der Waals surface area contributed by atoms with Crippen LogP contribution < -0.4 is 5.32 Å². The maximum atomic E-state index is 12.2. The average Bonchev–Trinajstić information content (AvgIpc) is 2.44. The van der Waals surface area contributed by atoms with Gasteiger partial charge in [-0.1, -0.05) is 6.07 Å². The van der Waals surface area contributed by atoms with Gasteiger partial charge in [-0.15, -0.1) is 0 Å². The molecule has 5 heteroatoms. The zero-order valence-electron chi connectivity index (χ0n) is 11.1. The minimum absolute atomic E-state index is 0.0277. The molecule has 0 spiro atoms. The summed E-state index contributed by atoms with van der Waals surface area (Å²) in [5.41, 5.74) is 0.852. The molecule has 1 N–H and O–H groups in total. The number of benzene rings is 1.